The van der Waals surface area contributed by atoms with Gasteiger partial charge in [0.15, 0.2) is 0 Å². The van der Waals surface area contributed by atoms with Crippen LogP contribution in [-0.2, 0) is 33.0 Å². The molecule has 3 saturated heterocycles. The fourth-order valence-electron chi connectivity index (χ4n) is 11.8. The van der Waals surface area contributed by atoms with Crippen molar-refractivity contribution >= 4 is 57.5 Å². The number of nitrogens with zero attached hydrogens (tertiary/aromatic N) is 4. The summed E-state index contributed by atoms with van der Waals surface area (Å²) in [5, 5.41) is 12.3. The molecule has 0 bridgehead atoms. The first-order valence-electron chi connectivity index (χ1n) is 24.0. The number of hydrogen-bond donors (Lipinski definition) is 4. The van der Waals surface area contributed by atoms with Crippen LogP contribution in [0.15, 0.2) is 71.7 Å². The number of fused-ring (bicyclic) bond motifs is 3. The summed E-state index contributed by atoms with van der Waals surface area (Å²) in [7, 11) is 3.02. The van der Waals surface area contributed by atoms with Crippen LogP contribution in [-0.4, -0.2) is 81.7 Å². The molecule has 3 aromatic carbocycles. The zero-order valence-corrected chi connectivity index (χ0v) is 41.0. The molecule has 72 heavy (non-hydrogen) atoms. The highest BCUT2D eigenvalue weighted by Crippen LogP contribution is 2.59. The van der Waals surface area contributed by atoms with Crippen LogP contribution in [0.3, 0.4) is 0 Å². The molecule has 6 atom stereocenters. The first-order chi connectivity index (χ1) is 34.1. The van der Waals surface area contributed by atoms with Crippen LogP contribution in [0.1, 0.15) is 104 Å². The molecule has 4 fully saturated rings. The number of piperidine rings is 2. The minimum absolute atomic E-state index is 0.0367. The van der Waals surface area contributed by atoms with E-state index in [-0.39, 0.29) is 81.2 Å². The van der Waals surface area contributed by atoms with Gasteiger partial charge in [0.2, 0.25) is 11.8 Å². The zero-order valence-electron chi connectivity index (χ0n) is 40.2. The van der Waals surface area contributed by atoms with Gasteiger partial charge in [0.1, 0.15) is 23.3 Å². The smallest absolute Gasteiger partial charge is 0.433 e. The average molecular weight is 1010 g/mol. The highest BCUT2D eigenvalue weighted by atomic mass is 35.5. The van der Waals surface area contributed by atoms with Gasteiger partial charge in [0.25, 0.3) is 17.4 Å². The number of carbonyl (C=O) groups excluding carboxylic acids is 4. The fraction of sp³-hybridized carbons (Fsp3) is 0.434. The second-order valence-electron chi connectivity index (χ2n) is 21.0. The second-order valence-corrected chi connectivity index (χ2v) is 21.5. The van der Waals surface area contributed by atoms with Gasteiger partial charge in [-0.15, -0.1) is 0 Å². The summed E-state index contributed by atoms with van der Waals surface area (Å²) in [6, 6.07) is 13.2. The van der Waals surface area contributed by atoms with Crippen molar-refractivity contribution in [3.05, 3.63) is 116 Å². The van der Waals surface area contributed by atoms with Gasteiger partial charge in [-0.2, -0.15) is 13.2 Å². The van der Waals surface area contributed by atoms with Gasteiger partial charge < -0.3 is 25.6 Å². The van der Waals surface area contributed by atoms with Gasteiger partial charge in [-0.25, -0.2) is 4.39 Å². The van der Waals surface area contributed by atoms with E-state index in [0.29, 0.717) is 47.1 Å². The van der Waals surface area contributed by atoms with E-state index in [1.165, 1.54) is 24.1 Å². The number of methoxy groups -OCH3 is 1. The highest BCUT2D eigenvalue weighted by molar-refractivity contribution is 6.30. The van der Waals surface area contributed by atoms with Crippen LogP contribution in [0, 0.1) is 34.4 Å². The normalized spacial score (nSPS) is 24.4. The van der Waals surface area contributed by atoms with E-state index in [1.54, 1.807) is 59.1 Å². The van der Waals surface area contributed by atoms with Gasteiger partial charge >= 0.3 is 6.18 Å². The number of pyridine rings is 1. The van der Waals surface area contributed by atoms with Crippen molar-refractivity contribution in [1.29, 1.82) is 0 Å². The van der Waals surface area contributed by atoms with Crippen molar-refractivity contribution in [1.82, 2.24) is 29.9 Å². The maximum Gasteiger partial charge on any atom is 0.433 e. The average Bonchev–Trinajstić information content (AvgIpc) is 3.56. The molecule has 2 aromatic heterocycles. The maximum atomic E-state index is 16.3. The molecule has 1 saturated carbocycles. The Morgan fingerprint density at radius 3 is 2.50 bits per heavy atom. The standard InChI is InChI=1S/C53H53ClF4N8O6/c1-50(2,3)25-41-52(27-60-36-23-40(53(56,57)58)59-26-33(36)52)43(32-7-6-8-34(54)44(32)55)45(62-41)47(69)61-35-14-11-29(22-39(35)72-5)48(70)65-19-17-51(18-20-65)24-30(51)12-9-28-10-13-31-38(21-28)66(64(4)49(31)71)37-15-16-42(67)63-46(37)68/h6-8,10-11,13-14,21-23,26,30,37,41,43,45,60,62H,15-20,24-25,27H2,1-5H3,(H,61,69)(H,63,67,68)/t30-,37?,41-,43-,45+,52-/m0/s1. The van der Waals surface area contributed by atoms with Gasteiger partial charge in [-0.1, -0.05) is 56.3 Å². The molecule has 376 valence electrons. The molecule has 5 aromatic rings. The van der Waals surface area contributed by atoms with Crippen molar-refractivity contribution in [3.8, 4) is 17.6 Å². The molecule has 1 unspecified atom stereocenters. The van der Waals surface area contributed by atoms with Crippen molar-refractivity contribution in [3.63, 3.8) is 0 Å². The third kappa shape index (κ3) is 8.47. The Hall–Kier alpha value is -6.71. The first-order valence-corrected chi connectivity index (χ1v) is 24.4. The number of ether oxygens (including phenoxy) is 1. The van der Waals surface area contributed by atoms with Crippen LogP contribution in [0.4, 0.5) is 28.9 Å². The molecule has 4 aliphatic heterocycles. The van der Waals surface area contributed by atoms with Crippen LogP contribution in [0.5, 0.6) is 5.75 Å². The number of halogens is 5. The lowest BCUT2D eigenvalue weighted by atomic mass is 9.63. The van der Waals surface area contributed by atoms with E-state index in [0.717, 1.165) is 25.3 Å². The van der Waals surface area contributed by atoms with Crippen molar-refractivity contribution in [2.45, 2.75) is 94.9 Å². The van der Waals surface area contributed by atoms with Gasteiger partial charge in [0, 0.05) is 85.0 Å². The molecule has 6 heterocycles. The lowest BCUT2D eigenvalue weighted by Crippen LogP contribution is -2.46. The first kappa shape index (κ1) is 48.9. The number of anilines is 2. The Balaban J connectivity index is 0.850. The molecule has 14 nitrogen and oxygen atoms in total. The summed E-state index contributed by atoms with van der Waals surface area (Å²) in [5.41, 5.74) is -0.252. The van der Waals surface area contributed by atoms with Gasteiger partial charge in [-0.05, 0) is 97.0 Å². The second kappa shape index (κ2) is 17.8. The predicted octanol–water partition coefficient (Wildman–Crippen LogP) is 7.69. The van der Waals surface area contributed by atoms with Crippen LogP contribution < -0.4 is 31.6 Å². The number of likely N-dealkylation sites (tertiary alicyclic amines) is 1. The molecule has 5 aliphatic rings. The van der Waals surface area contributed by atoms with Gasteiger partial charge in [-0.3, -0.25) is 43.6 Å². The number of carbonyl (C=O) groups is 4. The van der Waals surface area contributed by atoms with E-state index < -0.39 is 59.0 Å². The Morgan fingerprint density at radius 1 is 1.03 bits per heavy atom. The molecule has 4 N–H and O–H groups in total. The number of hydrogen-bond acceptors (Lipinski definition) is 9. The Labute approximate surface area is 417 Å². The minimum Gasteiger partial charge on any atom is -0.495 e. The summed E-state index contributed by atoms with van der Waals surface area (Å²) in [6.07, 6.45) is -0.231. The third-order valence-electron chi connectivity index (χ3n) is 15.5. The van der Waals surface area contributed by atoms with Crippen molar-refractivity contribution < 1.29 is 41.5 Å². The fourth-order valence-corrected chi connectivity index (χ4v) is 12.0. The maximum absolute atomic E-state index is 16.3. The summed E-state index contributed by atoms with van der Waals surface area (Å²) in [4.78, 5) is 72.1. The van der Waals surface area contributed by atoms with Crippen LogP contribution in [0.2, 0.25) is 5.02 Å². The van der Waals surface area contributed by atoms with Crippen molar-refractivity contribution in [2.24, 2.45) is 23.8 Å². The minimum atomic E-state index is -4.71. The van der Waals surface area contributed by atoms with E-state index >= 15 is 4.39 Å². The lowest BCUT2D eigenvalue weighted by Gasteiger charge is -2.39. The molecule has 0 radical (unpaired) electrons. The molecular formula is C53H53ClF4N8O6. The monoisotopic (exact) mass is 1010 g/mol. The van der Waals surface area contributed by atoms with Gasteiger partial charge in [0.05, 0.1) is 34.8 Å². The number of rotatable bonds is 7. The zero-order chi connectivity index (χ0) is 51.2. The third-order valence-corrected chi connectivity index (χ3v) is 15.8. The molecule has 1 aliphatic carbocycles. The summed E-state index contributed by atoms with van der Waals surface area (Å²) in [5.74, 6) is 3.76. The van der Waals surface area contributed by atoms with Crippen molar-refractivity contribution in [2.75, 3.05) is 37.4 Å². The molecule has 2 spiro atoms. The number of nitrogens with one attached hydrogen (secondary N) is 4. The Bertz CT molecular complexity index is 3220. The number of amides is 4. The quantitative estimate of drug-likeness (QED) is 0.0726. The molecular weight excluding hydrogens is 956 g/mol. The number of alkyl halides is 3. The number of aromatic nitrogens is 3. The predicted molar refractivity (Wildman–Crippen MR) is 261 cm³/mol. The molecule has 10 rings (SSSR count). The Kier molecular flexibility index (Phi) is 12.1. The Morgan fingerprint density at radius 2 is 1.79 bits per heavy atom. The van der Waals surface area contributed by atoms with E-state index in [1.807, 2.05) is 26.8 Å². The molecule has 4 amide bonds. The summed E-state index contributed by atoms with van der Waals surface area (Å²) < 4.78 is 66.8. The summed E-state index contributed by atoms with van der Waals surface area (Å²) >= 11 is 6.37. The highest BCUT2D eigenvalue weighted by Gasteiger charge is 2.62. The number of benzene rings is 3. The van der Waals surface area contributed by atoms with Crippen LogP contribution in [0.25, 0.3) is 10.9 Å². The van der Waals surface area contributed by atoms with Crippen LogP contribution >= 0.6 is 11.6 Å². The topological polar surface area (TPSA) is 169 Å². The molecule has 19 heteroatoms. The lowest BCUT2D eigenvalue weighted by molar-refractivity contribution is -0.141. The van der Waals surface area contributed by atoms with E-state index in [9.17, 15) is 37.1 Å². The largest absolute Gasteiger partial charge is 0.495 e. The SMILES string of the molecule is COc1cc(C(=O)N2CCC3(CC2)C[C@@H]3C#Cc2ccc3c(=O)n(C)n(C4CCC(=O)NC4=O)c3c2)ccc1NC(=O)[C@@H]1N[C@@H](CC(C)(C)C)[C@@]2(CNc3cc(C(F)(F)F)ncc32)[C@H]1c1cccc(Cl)c1F. The number of imide groups is 1. The van der Waals surface area contributed by atoms with E-state index in [4.69, 9.17) is 16.3 Å². The summed E-state index contributed by atoms with van der Waals surface area (Å²) in [6.45, 7) is 7.12. The van der Waals surface area contributed by atoms with E-state index in [2.05, 4.69) is 38.1 Å².